The van der Waals surface area contributed by atoms with E-state index in [0.29, 0.717) is 10.7 Å². The molecular weight excluding hydrogens is 279 g/mol. The number of nitrogens with one attached hydrogen (secondary N) is 1. The first kappa shape index (κ1) is 12.5. The van der Waals surface area contributed by atoms with Crippen molar-refractivity contribution in [2.45, 2.75) is 0 Å². The lowest BCUT2D eigenvalue weighted by molar-refractivity contribution is -0.384. The van der Waals surface area contributed by atoms with Crippen molar-refractivity contribution in [2.75, 3.05) is 5.32 Å². The van der Waals surface area contributed by atoms with E-state index in [1.807, 2.05) is 0 Å². The Hall–Kier alpha value is -1.92. The van der Waals surface area contributed by atoms with Gasteiger partial charge in [-0.2, -0.15) is 0 Å². The van der Waals surface area contributed by atoms with E-state index in [9.17, 15) is 10.1 Å². The van der Waals surface area contributed by atoms with Crippen molar-refractivity contribution in [3.05, 3.63) is 50.9 Å². The van der Waals surface area contributed by atoms with E-state index >= 15 is 0 Å². The van der Waals surface area contributed by atoms with E-state index in [2.05, 4.69) is 15.3 Å². The normalized spacial score (nSPS) is 10.1. The van der Waals surface area contributed by atoms with E-state index < -0.39 is 4.92 Å². The molecular formula is C10H6Cl2N4O2. The molecule has 1 aromatic carbocycles. The third-order valence-corrected chi connectivity index (χ3v) is 2.69. The molecule has 0 saturated heterocycles. The molecule has 1 heterocycles. The van der Waals surface area contributed by atoms with Gasteiger partial charge >= 0.3 is 5.69 Å². The lowest BCUT2D eigenvalue weighted by atomic mass is 10.3. The number of aromatic nitrogens is 2. The molecule has 1 aromatic heterocycles. The number of benzene rings is 1. The first-order chi connectivity index (χ1) is 8.59. The topological polar surface area (TPSA) is 81.0 Å². The highest BCUT2D eigenvalue weighted by Gasteiger charge is 2.21. The van der Waals surface area contributed by atoms with E-state index in [0.717, 1.165) is 6.33 Å². The smallest absolute Gasteiger partial charge is 0.333 e. The zero-order valence-corrected chi connectivity index (χ0v) is 10.3. The quantitative estimate of drug-likeness (QED) is 0.530. The maximum atomic E-state index is 10.9. The minimum absolute atomic E-state index is 0.00639. The van der Waals surface area contributed by atoms with E-state index in [1.165, 1.54) is 0 Å². The highest BCUT2D eigenvalue weighted by molar-refractivity contribution is 6.33. The Morgan fingerprint density at radius 1 is 1.22 bits per heavy atom. The maximum Gasteiger partial charge on any atom is 0.348 e. The molecule has 18 heavy (non-hydrogen) atoms. The van der Waals surface area contributed by atoms with Gasteiger partial charge in [0, 0.05) is 0 Å². The SMILES string of the molecule is O=[N+]([O-])c1c(Cl)ncnc1Nc1ccccc1Cl. The van der Waals surface area contributed by atoms with E-state index in [1.54, 1.807) is 24.3 Å². The highest BCUT2D eigenvalue weighted by atomic mass is 35.5. The zero-order valence-electron chi connectivity index (χ0n) is 8.80. The van der Waals surface area contributed by atoms with Crippen LogP contribution in [-0.2, 0) is 0 Å². The van der Waals surface area contributed by atoms with Crippen molar-refractivity contribution in [1.82, 2.24) is 9.97 Å². The number of para-hydroxylation sites is 1. The summed E-state index contributed by atoms with van der Waals surface area (Å²) < 4.78 is 0. The maximum absolute atomic E-state index is 10.9. The van der Waals surface area contributed by atoms with Gasteiger partial charge in [-0.05, 0) is 12.1 Å². The van der Waals surface area contributed by atoms with Gasteiger partial charge in [0.15, 0.2) is 0 Å². The van der Waals surface area contributed by atoms with Crippen molar-refractivity contribution < 1.29 is 4.92 Å². The fraction of sp³-hybridized carbons (Fsp3) is 0. The van der Waals surface area contributed by atoms with Crippen LogP contribution >= 0.6 is 23.2 Å². The molecule has 1 N–H and O–H groups in total. The molecule has 0 amide bonds. The summed E-state index contributed by atoms with van der Waals surface area (Å²) in [5.74, 6) is -0.00639. The lowest BCUT2D eigenvalue weighted by Gasteiger charge is -2.07. The molecule has 0 atom stereocenters. The Morgan fingerprint density at radius 2 is 1.94 bits per heavy atom. The van der Waals surface area contributed by atoms with Crippen molar-refractivity contribution in [2.24, 2.45) is 0 Å². The second-order valence-corrected chi connectivity index (χ2v) is 3.99. The summed E-state index contributed by atoms with van der Waals surface area (Å²) in [5, 5.41) is 13.8. The Kier molecular flexibility index (Phi) is 3.59. The molecule has 0 bridgehead atoms. The van der Waals surface area contributed by atoms with Gasteiger partial charge in [0.05, 0.1) is 15.6 Å². The second kappa shape index (κ2) is 5.16. The van der Waals surface area contributed by atoms with Gasteiger partial charge in [0.25, 0.3) is 0 Å². The molecule has 0 fully saturated rings. The van der Waals surface area contributed by atoms with Gasteiger partial charge < -0.3 is 5.32 Å². The molecule has 2 aromatic rings. The summed E-state index contributed by atoms with van der Waals surface area (Å²) in [6.45, 7) is 0. The van der Waals surface area contributed by atoms with Crippen LogP contribution < -0.4 is 5.32 Å². The average Bonchev–Trinajstić information content (AvgIpc) is 2.31. The van der Waals surface area contributed by atoms with Crippen molar-refractivity contribution in [3.63, 3.8) is 0 Å². The first-order valence-electron chi connectivity index (χ1n) is 4.76. The standard InChI is InChI=1S/C10H6Cl2N4O2/c11-6-3-1-2-4-7(6)15-10-8(16(17)18)9(12)13-5-14-10/h1-5H,(H,13,14,15). The predicted octanol–water partition coefficient (Wildman–Crippen LogP) is 3.44. The molecule has 6 nitrogen and oxygen atoms in total. The number of rotatable bonds is 3. The minimum Gasteiger partial charge on any atom is -0.333 e. The summed E-state index contributed by atoms with van der Waals surface area (Å²) >= 11 is 11.6. The van der Waals surface area contributed by atoms with Crippen LogP contribution in [0.25, 0.3) is 0 Å². The highest BCUT2D eigenvalue weighted by Crippen LogP contribution is 2.32. The Bertz CT molecular complexity index is 606. The molecule has 0 unspecified atom stereocenters. The molecule has 8 heteroatoms. The number of hydrogen-bond acceptors (Lipinski definition) is 5. The number of hydrogen-bond donors (Lipinski definition) is 1. The van der Waals surface area contributed by atoms with Crippen LogP contribution in [-0.4, -0.2) is 14.9 Å². The molecule has 0 saturated carbocycles. The van der Waals surface area contributed by atoms with Crippen molar-refractivity contribution >= 4 is 40.4 Å². The fourth-order valence-corrected chi connectivity index (χ4v) is 1.69. The summed E-state index contributed by atoms with van der Waals surface area (Å²) in [7, 11) is 0. The van der Waals surface area contributed by atoms with Gasteiger partial charge in [-0.25, -0.2) is 9.97 Å². The van der Waals surface area contributed by atoms with Crippen molar-refractivity contribution in [3.8, 4) is 0 Å². The molecule has 0 aliphatic rings. The van der Waals surface area contributed by atoms with Gasteiger partial charge in [0.2, 0.25) is 11.0 Å². The lowest BCUT2D eigenvalue weighted by Crippen LogP contribution is -2.01. The van der Waals surface area contributed by atoms with Gasteiger partial charge in [0.1, 0.15) is 6.33 Å². The van der Waals surface area contributed by atoms with Crippen LogP contribution in [0.2, 0.25) is 10.2 Å². The summed E-state index contributed by atoms with van der Waals surface area (Å²) in [5.41, 5.74) is 0.108. The Balaban J connectivity index is 2.44. The molecule has 0 aliphatic heterocycles. The van der Waals surface area contributed by atoms with E-state index in [-0.39, 0.29) is 16.7 Å². The molecule has 0 spiro atoms. The van der Waals surface area contributed by atoms with Crippen LogP contribution in [0.15, 0.2) is 30.6 Å². The summed E-state index contributed by atoms with van der Waals surface area (Å²) in [4.78, 5) is 17.6. The number of nitrogens with zero attached hydrogens (tertiary/aromatic N) is 3. The van der Waals surface area contributed by atoms with Gasteiger partial charge in [-0.15, -0.1) is 0 Å². The van der Waals surface area contributed by atoms with Crippen LogP contribution in [0.4, 0.5) is 17.2 Å². The van der Waals surface area contributed by atoms with Gasteiger partial charge in [-0.3, -0.25) is 10.1 Å². The molecule has 0 aliphatic carbocycles. The Morgan fingerprint density at radius 3 is 2.61 bits per heavy atom. The summed E-state index contributed by atoms with van der Waals surface area (Å²) in [6, 6.07) is 6.80. The minimum atomic E-state index is -0.651. The molecule has 2 rings (SSSR count). The zero-order chi connectivity index (χ0) is 13.1. The average molecular weight is 285 g/mol. The second-order valence-electron chi connectivity index (χ2n) is 3.22. The first-order valence-corrected chi connectivity index (χ1v) is 5.51. The fourth-order valence-electron chi connectivity index (χ4n) is 1.30. The van der Waals surface area contributed by atoms with Gasteiger partial charge in [-0.1, -0.05) is 35.3 Å². The number of anilines is 2. The van der Waals surface area contributed by atoms with Crippen LogP contribution in [0, 0.1) is 10.1 Å². The Labute approximate surface area is 112 Å². The van der Waals surface area contributed by atoms with Crippen LogP contribution in [0.3, 0.4) is 0 Å². The summed E-state index contributed by atoms with van der Waals surface area (Å²) in [6.07, 6.45) is 1.13. The molecule has 0 radical (unpaired) electrons. The monoisotopic (exact) mass is 284 g/mol. The largest absolute Gasteiger partial charge is 0.348 e. The van der Waals surface area contributed by atoms with Crippen molar-refractivity contribution in [1.29, 1.82) is 0 Å². The number of halogens is 2. The molecule has 92 valence electrons. The third-order valence-electron chi connectivity index (χ3n) is 2.09. The predicted molar refractivity (Wildman–Crippen MR) is 68.4 cm³/mol. The van der Waals surface area contributed by atoms with E-state index in [4.69, 9.17) is 23.2 Å². The third kappa shape index (κ3) is 2.49. The number of nitro groups is 1. The van der Waals surface area contributed by atoms with Crippen LogP contribution in [0.1, 0.15) is 0 Å². The van der Waals surface area contributed by atoms with Crippen LogP contribution in [0.5, 0.6) is 0 Å².